The van der Waals surface area contributed by atoms with Crippen LogP contribution in [0.1, 0.15) is 29.6 Å². The average Bonchev–Trinajstić information content (AvgIpc) is 2.89. The van der Waals surface area contributed by atoms with Crippen LogP contribution in [0.4, 0.5) is 0 Å². The number of nitrogens with one attached hydrogen (secondary N) is 1. The van der Waals surface area contributed by atoms with Crippen molar-refractivity contribution in [2.24, 2.45) is 16.8 Å². The molecule has 0 heterocycles. The molecule has 1 saturated carbocycles. The van der Waals surface area contributed by atoms with Gasteiger partial charge < -0.3 is 16.3 Å². The Hall–Kier alpha value is -1.27. The number of halogens is 2. The molecule has 1 aliphatic carbocycles. The zero-order chi connectivity index (χ0) is 14.7. The lowest BCUT2D eigenvalue weighted by Gasteiger charge is -2.19. The molecule has 108 valence electrons. The molecule has 20 heavy (non-hydrogen) atoms. The van der Waals surface area contributed by atoms with Crippen molar-refractivity contribution in [3.8, 4) is 0 Å². The number of hydrogen-bond acceptors (Lipinski definition) is 3. The molecule has 1 fully saturated rings. The van der Waals surface area contributed by atoms with E-state index in [9.17, 15) is 4.79 Å². The summed E-state index contributed by atoms with van der Waals surface area (Å²) < 4.78 is 0.742. The number of rotatable bonds is 3. The molecule has 1 amide bonds. The minimum absolute atomic E-state index is 0.110. The molecule has 2 atom stereocenters. The third-order valence-electron chi connectivity index (χ3n) is 3.51. The molecule has 4 N–H and O–H groups in total. The summed E-state index contributed by atoms with van der Waals surface area (Å²) in [4.78, 5) is 12.2. The summed E-state index contributed by atoms with van der Waals surface area (Å²) in [6.07, 6.45) is 2.56. The van der Waals surface area contributed by atoms with Crippen LogP contribution in [0.2, 0.25) is 5.02 Å². The van der Waals surface area contributed by atoms with Gasteiger partial charge in [-0.25, -0.2) is 0 Å². The number of oxime groups is 1. The first-order valence-corrected chi connectivity index (χ1v) is 7.43. The number of amides is 1. The van der Waals surface area contributed by atoms with E-state index in [4.69, 9.17) is 22.5 Å². The number of benzene rings is 1. The van der Waals surface area contributed by atoms with Gasteiger partial charge in [0.2, 0.25) is 0 Å². The Labute approximate surface area is 130 Å². The van der Waals surface area contributed by atoms with Gasteiger partial charge >= 0.3 is 0 Å². The normalized spacial score (nSPS) is 22.8. The largest absolute Gasteiger partial charge is 0.409 e. The molecule has 0 bridgehead atoms. The molecule has 1 aromatic rings. The van der Waals surface area contributed by atoms with Crippen molar-refractivity contribution in [3.05, 3.63) is 33.3 Å². The lowest BCUT2D eigenvalue weighted by molar-refractivity contribution is 0.0933. The van der Waals surface area contributed by atoms with Crippen LogP contribution < -0.4 is 11.1 Å². The van der Waals surface area contributed by atoms with E-state index in [1.807, 2.05) is 0 Å². The van der Waals surface area contributed by atoms with E-state index in [1.54, 1.807) is 18.2 Å². The van der Waals surface area contributed by atoms with Gasteiger partial charge in [-0.2, -0.15) is 0 Å². The highest BCUT2D eigenvalue weighted by Gasteiger charge is 2.31. The van der Waals surface area contributed by atoms with Gasteiger partial charge in [-0.3, -0.25) is 4.79 Å². The average molecular weight is 361 g/mol. The fourth-order valence-electron chi connectivity index (χ4n) is 2.45. The molecule has 0 spiro atoms. The summed E-state index contributed by atoms with van der Waals surface area (Å²) in [5.41, 5.74) is 6.14. The van der Waals surface area contributed by atoms with Gasteiger partial charge in [0.1, 0.15) is 5.84 Å². The standard InChI is InChI=1S/C13H15BrClN3O2/c14-9-5-4-7(6-10(9)15)13(19)17-11-3-1-2-8(11)12(16)18-20/h4-6,8,11,20H,1-3H2,(H2,16,18)(H,17,19). The fraction of sp³-hybridized carbons (Fsp3) is 0.385. The smallest absolute Gasteiger partial charge is 0.251 e. The SMILES string of the molecule is N/C(=N/O)C1CCCC1NC(=O)c1ccc(Br)c(Cl)c1. The van der Waals surface area contributed by atoms with Gasteiger partial charge in [0.25, 0.3) is 5.91 Å². The van der Waals surface area contributed by atoms with Crippen LogP contribution >= 0.6 is 27.5 Å². The summed E-state index contributed by atoms with van der Waals surface area (Å²) in [6.45, 7) is 0. The van der Waals surface area contributed by atoms with Crippen molar-refractivity contribution < 1.29 is 10.0 Å². The number of hydrogen-bond donors (Lipinski definition) is 3. The van der Waals surface area contributed by atoms with Crippen molar-refractivity contribution in [1.29, 1.82) is 0 Å². The highest BCUT2D eigenvalue weighted by molar-refractivity contribution is 9.10. The van der Waals surface area contributed by atoms with E-state index in [2.05, 4.69) is 26.4 Å². The molecule has 1 aliphatic rings. The van der Waals surface area contributed by atoms with E-state index < -0.39 is 0 Å². The van der Waals surface area contributed by atoms with E-state index in [0.717, 1.165) is 23.7 Å². The third kappa shape index (κ3) is 3.24. The van der Waals surface area contributed by atoms with Crippen molar-refractivity contribution >= 4 is 39.3 Å². The van der Waals surface area contributed by atoms with Gasteiger partial charge in [-0.05, 0) is 47.0 Å². The highest BCUT2D eigenvalue weighted by atomic mass is 79.9. The van der Waals surface area contributed by atoms with Gasteiger partial charge in [-0.15, -0.1) is 0 Å². The summed E-state index contributed by atoms with van der Waals surface area (Å²) in [7, 11) is 0. The Kier molecular flexibility index (Phi) is 4.88. The second kappa shape index (κ2) is 6.45. The van der Waals surface area contributed by atoms with Crippen LogP contribution in [0.5, 0.6) is 0 Å². The molecule has 0 aliphatic heterocycles. The van der Waals surface area contributed by atoms with Crippen molar-refractivity contribution in [1.82, 2.24) is 5.32 Å². The number of amidine groups is 1. The zero-order valence-corrected chi connectivity index (χ0v) is 13.0. The maximum Gasteiger partial charge on any atom is 0.251 e. The molecule has 1 aromatic carbocycles. The van der Waals surface area contributed by atoms with Gasteiger partial charge in [0.15, 0.2) is 0 Å². The molecule has 5 nitrogen and oxygen atoms in total. The van der Waals surface area contributed by atoms with Crippen LogP contribution in [0.3, 0.4) is 0 Å². The monoisotopic (exact) mass is 359 g/mol. The Morgan fingerprint density at radius 1 is 1.50 bits per heavy atom. The molecule has 0 radical (unpaired) electrons. The second-order valence-corrected chi connectivity index (χ2v) is 6.03. The summed E-state index contributed by atoms with van der Waals surface area (Å²) in [5.74, 6) is -0.154. The van der Waals surface area contributed by atoms with Crippen LogP contribution in [0, 0.1) is 5.92 Å². The summed E-state index contributed by atoms with van der Waals surface area (Å²) in [6, 6.07) is 4.92. The lowest BCUT2D eigenvalue weighted by Crippen LogP contribution is -2.42. The van der Waals surface area contributed by atoms with Crippen molar-refractivity contribution in [2.45, 2.75) is 25.3 Å². The predicted molar refractivity (Wildman–Crippen MR) is 81.2 cm³/mol. The van der Waals surface area contributed by atoms with E-state index >= 15 is 0 Å². The van der Waals surface area contributed by atoms with E-state index in [1.165, 1.54) is 0 Å². The van der Waals surface area contributed by atoms with Gasteiger partial charge in [0, 0.05) is 22.0 Å². The van der Waals surface area contributed by atoms with Crippen molar-refractivity contribution in [3.63, 3.8) is 0 Å². The Morgan fingerprint density at radius 2 is 2.25 bits per heavy atom. The van der Waals surface area contributed by atoms with Crippen LogP contribution in [-0.4, -0.2) is 23.0 Å². The maximum absolute atomic E-state index is 12.2. The van der Waals surface area contributed by atoms with E-state index in [0.29, 0.717) is 10.6 Å². The first kappa shape index (κ1) is 15.1. The zero-order valence-electron chi connectivity index (χ0n) is 10.6. The Morgan fingerprint density at radius 3 is 2.90 bits per heavy atom. The molecule has 7 heteroatoms. The summed E-state index contributed by atoms with van der Waals surface area (Å²) >= 11 is 9.26. The quantitative estimate of drug-likeness (QED) is 0.335. The topological polar surface area (TPSA) is 87.7 Å². The molecular formula is C13H15BrClN3O2. The summed E-state index contributed by atoms with van der Waals surface area (Å²) in [5, 5.41) is 15.2. The highest BCUT2D eigenvalue weighted by Crippen LogP contribution is 2.27. The second-order valence-electron chi connectivity index (χ2n) is 4.77. The Balaban J connectivity index is 2.09. The molecule has 0 saturated heterocycles. The number of carbonyl (C=O) groups excluding carboxylic acids is 1. The first-order valence-electron chi connectivity index (χ1n) is 6.26. The fourth-order valence-corrected chi connectivity index (χ4v) is 2.88. The number of nitrogens with two attached hydrogens (primary N) is 1. The first-order chi connectivity index (χ1) is 9.52. The predicted octanol–water partition coefficient (Wildman–Crippen LogP) is 2.75. The number of nitrogens with zero attached hydrogens (tertiary/aromatic N) is 1. The molecular weight excluding hydrogens is 346 g/mol. The molecule has 0 aromatic heterocycles. The Bertz CT molecular complexity index is 550. The third-order valence-corrected chi connectivity index (χ3v) is 4.74. The molecule has 2 rings (SSSR count). The maximum atomic E-state index is 12.2. The van der Waals surface area contributed by atoms with Crippen LogP contribution in [0.15, 0.2) is 27.8 Å². The number of carbonyl (C=O) groups is 1. The van der Waals surface area contributed by atoms with Crippen molar-refractivity contribution in [2.75, 3.05) is 0 Å². The van der Waals surface area contributed by atoms with Crippen LogP contribution in [0.25, 0.3) is 0 Å². The molecule has 2 unspecified atom stereocenters. The minimum atomic E-state index is -0.206. The van der Waals surface area contributed by atoms with Crippen LogP contribution in [-0.2, 0) is 0 Å². The van der Waals surface area contributed by atoms with Gasteiger partial charge in [0.05, 0.1) is 5.02 Å². The minimum Gasteiger partial charge on any atom is -0.409 e. The van der Waals surface area contributed by atoms with Gasteiger partial charge in [-0.1, -0.05) is 23.2 Å². The lowest BCUT2D eigenvalue weighted by atomic mass is 10.0. The van der Waals surface area contributed by atoms with E-state index in [-0.39, 0.29) is 23.7 Å².